The summed E-state index contributed by atoms with van der Waals surface area (Å²) in [7, 11) is 0. The fourth-order valence-electron chi connectivity index (χ4n) is 6.39. The molecule has 5 aliphatic rings. The molecule has 23 heavy (non-hydrogen) atoms. The van der Waals surface area contributed by atoms with Crippen molar-refractivity contribution in [3.05, 3.63) is 41.5 Å². The molecule has 3 heteroatoms. The third kappa shape index (κ3) is 1.92. The first-order valence-electron chi connectivity index (χ1n) is 9.01. The molecule has 4 bridgehead atoms. The Hall–Kier alpha value is -1.77. The molecular weight excluding hydrogens is 284 g/mol. The van der Waals surface area contributed by atoms with Gasteiger partial charge in [0.2, 0.25) is 5.91 Å². The molecule has 3 nitrogen and oxygen atoms in total. The topological polar surface area (TPSA) is 55.1 Å². The van der Waals surface area contributed by atoms with E-state index in [0.29, 0.717) is 0 Å². The van der Waals surface area contributed by atoms with E-state index in [1.807, 2.05) is 6.07 Å². The molecule has 0 aromatic heterocycles. The van der Waals surface area contributed by atoms with E-state index in [4.69, 9.17) is 5.73 Å². The van der Waals surface area contributed by atoms with Crippen LogP contribution in [0.1, 0.15) is 43.2 Å². The zero-order chi connectivity index (χ0) is 15.6. The fraction of sp³-hybridized carbons (Fsp3) is 0.550. The van der Waals surface area contributed by atoms with Gasteiger partial charge in [0.1, 0.15) is 0 Å². The minimum Gasteiger partial charge on any atom is -0.378 e. The van der Waals surface area contributed by atoms with Gasteiger partial charge < -0.3 is 11.1 Å². The quantitative estimate of drug-likeness (QED) is 0.784. The molecule has 0 atom stereocenters. The maximum absolute atomic E-state index is 11.6. The van der Waals surface area contributed by atoms with E-state index >= 15 is 0 Å². The molecule has 1 aromatic carbocycles. The number of fused-ring (bicyclic) bond motifs is 1. The van der Waals surface area contributed by atoms with Gasteiger partial charge in [-0.3, -0.25) is 4.79 Å². The molecule has 1 spiro atoms. The van der Waals surface area contributed by atoms with Crippen molar-refractivity contribution in [1.82, 2.24) is 5.32 Å². The lowest BCUT2D eigenvalue weighted by molar-refractivity contribution is -0.113. The Morgan fingerprint density at radius 1 is 1.09 bits per heavy atom. The van der Waals surface area contributed by atoms with Gasteiger partial charge in [-0.1, -0.05) is 24.3 Å². The molecule has 4 saturated carbocycles. The van der Waals surface area contributed by atoms with E-state index < -0.39 is 0 Å². The predicted molar refractivity (Wildman–Crippen MR) is 90.2 cm³/mol. The van der Waals surface area contributed by atoms with Crippen molar-refractivity contribution in [2.45, 2.75) is 44.1 Å². The van der Waals surface area contributed by atoms with Crippen LogP contribution in [0, 0.1) is 23.7 Å². The second kappa shape index (κ2) is 4.62. The van der Waals surface area contributed by atoms with Crippen molar-refractivity contribution < 1.29 is 4.79 Å². The summed E-state index contributed by atoms with van der Waals surface area (Å²) < 4.78 is 0. The van der Waals surface area contributed by atoms with Crippen LogP contribution in [0.2, 0.25) is 0 Å². The van der Waals surface area contributed by atoms with Crippen LogP contribution in [0.25, 0.3) is 5.70 Å². The average Bonchev–Trinajstić information content (AvgIpc) is 2.51. The Balaban J connectivity index is 1.62. The third-order valence-corrected chi connectivity index (χ3v) is 7.04. The van der Waals surface area contributed by atoms with Gasteiger partial charge in [-0.15, -0.1) is 0 Å². The van der Waals surface area contributed by atoms with Crippen molar-refractivity contribution in [2.24, 2.45) is 29.4 Å². The summed E-state index contributed by atoms with van der Waals surface area (Å²) in [5.41, 5.74) is 9.13. The van der Waals surface area contributed by atoms with Crippen LogP contribution in [0.4, 0.5) is 0 Å². The Labute approximate surface area is 137 Å². The number of hydrogen-bond acceptors (Lipinski definition) is 2. The molecule has 1 aliphatic heterocycles. The number of nitrogens with one attached hydrogen (secondary N) is 1. The SMILES string of the molecule is NC(=O)C=C1NC2(Cc3ccccc31)C1CC3CC(C1)CC2C3. The van der Waals surface area contributed by atoms with Crippen LogP contribution in [-0.2, 0) is 11.2 Å². The standard InChI is InChI=1S/C20H24N2O/c21-19(23)10-18-17-4-2-1-3-14(17)11-20(22-18)15-6-12-5-13(8-15)9-16(20)7-12/h1-4,10,12-13,15-16,22H,5-9,11H2,(H2,21,23). The van der Waals surface area contributed by atoms with E-state index in [0.717, 1.165) is 41.4 Å². The van der Waals surface area contributed by atoms with Gasteiger partial charge in [-0.2, -0.15) is 0 Å². The zero-order valence-corrected chi connectivity index (χ0v) is 13.4. The molecule has 1 aromatic rings. The molecule has 1 amide bonds. The van der Waals surface area contributed by atoms with Crippen LogP contribution in [0.5, 0.6) is 0 Å². The summed E-state index contributed by atoms with van der Waals surface area (Å²) >= 11 is 0. The molecule has 0 radical (unpaired) electrons. The predicted octanol–water partition coefficient (Wildman–Crippen LogP) is 2.85. The van der Waals surface area contributed by atoms with Crippen molar-refractivity contribution >= 4 is 11.6 Å². The van der Waals surface area contributed by atoms with E-state index in [1.54, 1.807) is 6.08 Å². The number of nitrogens with two attached hydrogens (primary N) is 1. The fourth-order valence-corrected chi connectivity index (χ4v) is 6.39. The number of carbonyl (C=O) groups is 1. The van der Waals surface area contributed by atoms with E-state index in [9.17, 15) is 4.79 Å². The maximum atomic E-state index is 11.6. The highest BCUT2D eigenvalue weighted by molar-refractivity contribution is 5.94. The minimum absolute atomic E-state index is 0.156. The van der Waals surface area contributed by atoms with Gasteiger partial charge in [0.25, 0.3) is 0 Å². The van der Waals surface area contributed by atoms with Crippen LogP contribution < -0.4 is 11.1 Å². The Bertz CT molecular complexity index is 677. The smallest absolute Gasteiger partial charge is 0.243 e. The summed E-state index contributed by atoms with van der Waals surface area (Å²) in [6.07, 6.45) is 9.64. The second-order valence-electron chi connectivity index (χ2n) is 8.26. The molecule has 4 fully saturated rings. The highest BCUT2D eigenvalue weighted by Crippen LogP contribution is 2.60. The lowest BCUT2D eigenvalue weighted by atomic mass is 9.47. The van der Waals surface area contributed by atoms with Gasteiger partial charge in [-0.25, -0.2) is 0 Å². The number of carbonyl (C=O) groups excluding carboxylic acids is 1. The summed E-state index contributed by atoms with van der Waals surface area (Å²) in [4.78, 5) is 11.6. The largest absolute Gasteiger partial charge is 0.378 e. The van der Waals surface area contributed by atoms with Gasteiger partial charge >= 0.3 is 0 Å². The van der Waals surface area contributed by atoms with Gasteiger partial charge in [-0.05, 0) is 67.8 Å². The van der Waals surface area contributed by atoms with E-state index in [2.05, 4.69) is 23.5 Å². The number of benzene rings is 1. The summed E-state index contributed by atoms with van der Waals surface area (Å²) in [6, 6.07) is 8.51. The summed E-state index contributed by atoms with van der Waals surface area (Å²) in [5, 5.41) is 3.86. The van der Waals surface area contributed by atoms with Crippen molar-refractivity contribution in [3.8, 4) is 0 Å². The lowest BCUT2D eigenvalue weighted by Gasteiger charge is -2.63. The Kier molecular flexibility index (Phi) is 2.74. The molecule has 6 rings (SSSR count). The number of hydrogen-bond donors (Lipinski definition) is 2. The van der Waals surface area contributed by atoms with E-state index in [1.165, 1.54) is 37.7 Å². The monoisotopic (exact) mass is 308 g/mol. The Morgan fingerprint density at radius 2 is 1.74 bits per heavy atom. The van der Waals surface area contributed by atoms with Crippen molar-refractivity contribution in [1.29, 1.82) is 0 Å². The molecule has 1 heterocycles. The normalized spacial score (nSPS) is 41.8. The minimum atomic E-state index is -0.358. The molecule has 3 N–H and O–H groups in total. The van der Waals surface area contributed by atoms with Crippen LogP contribution in [-0.4, -0.2) is 11.4 Å². The lowest BCUT2D eigenvalue weighted by Crippen LogP contribution is -2.66. The van der Waals surface area contributed by atoms with Crippen LogP contribution in [0.15, 0.2) is 30.3 Å². The average molecular weight is 308 g/mol. The summed E-state index contributed by atoms with van der Waals surface area (Å²) in [5.74, 6) is 3.05. The van der Waals surface area contributed by atoms with Gasteiger partial charge in [0.15, 0.2) is 0 Å². The second-order valence-corrected chi connectivity index (χ2v) is 8.26. The first kappa shape index (κ1) is 13.6. The maximum Gasteiger partial charge on any atom is 0.243 e. The molecular formula is C20H24N2O. The first-order chi connectivity index (χ1) is 11.1. The third-order valence-electron chi connectivity index (χ3n) is 7.04. The molecule has 4 aliphatic carbocycles. The van der Waals surface area contributed by atoms with Crippen LogP contribution >= 0.6 is 0 Å². The highest BCUT2D eigenvalue weighted by atomic mass is 16.1. The molecule has 0 saturated heterocycles. The number of amides is 1. The molecule has 0 unspecified atom stereocenters. The van der Waals surface area contributed by atoms with E-state index in [-0.39, 0.29) is 11.4 Å². The number of primary amides is 1. The zero-order valence-electron chi connectivity index (χ0n) is 13.4. The number of rotatable bonds is 1. The summed E-state index contributed by atoms with van der Waals surface area (Å²) in [6.45, 7) is 0. The van der Waals surface area contributed by atoms with Crippen molar-refractivity contribution in [3.63, 3.8) is 0 Å². The first-order valence-corrected chi connectivity index (χ1v) is 9.01. The van der Waals surface area contributed by atoms with Crippen molar-refractivity contribution in [2.75, 3.05) is 0 Å². The molecule has 120 valence electrons. The van der Waals surface area contributed by atoms with Gasteiger partial charge in [0.05, 0.1) is 0 Å². The van der Waals surface area contributed by atoms with Gasteiger partial charge in [0, 0.05) is 22.9 Å². The highest BCUT2D eigenvalue weighted by Gasteiger charge is 2.58. The Morgan fingerprint density at radius 3 is 2.39 bits per heavy atom. The van der Waals surface area contributed by atoms with Crippen LogP contribution in [0.3, 0.4) is 0 Å².